The number of rotatable bonds is 6. The zero-order valence-electron chi connectivity index (χ0n) is 38.7. The van der Waals surface area contributed by atoms with Crippen molar-refractivity contribution in [2.45, 2.75) is 0 Å². The van der Waals surface area contributed by atoms with E-state index in [0.717, 1.165) is 0 Å². The van der Waals surface area contributed by atoms with Gasteiger partial charge in [0.25, 0.3) is 0 Å². The molecule has 0 N–H and O–H groups in total. The molecule has 0 amide bonds. The number of nitrogens with zero attached hydrogens (tertiary/aromatic N) is 4. The molecule has 0 saturated heterocycles. The van der Waals surface area contributed by atoms with Gasteiger partial charge in [0, 0.05) is 63.9 Å². The topological polar surface area (TPSA) is 253 Å². The average molecular weight is 923 g/mol. The van der Waals surface area contributed by atoms with Gasteiger partial charge in [-0.05, 0) is 93.1 Å². The smallest absolute Gasteiger partial charge is 0.199 e. The number of carboxylic acid groups (broad SMARTS) is 6. The summed E-state index contributed by atoms with van der Waals surface area (Å²) in [5.41, 5.74) is 14.7. The van der Waals surface area contributed by atoms with E-state index < -0.39 is 35.8 Å². The molecular weight excluding hydrogens is 873 g/mol. The van der Waals surface area contributed by atoms with Crippen molar-refractivity contribution in [3.8, 4) is 0 Å². The molecule has 0 unspecified atom stereocenters. The van der Waals surface area contributed by atoms with Gasteiger partial charge in [0.2, 0.25) is 0 Å². The molecule has 0 heterocycles. The molecule has 0 aliphatic heterocycles. The second kappa shape index (κ2) is 27.4. The van der Waals surface area contributed by atoms with Gasteiger partial charge >= 0.3 is 0 Å². The Balaban J connectivity index is 0.000000344. The number of carbonyl (C=O) groups excluding carboxylic acids is 6. The third kappa shape index (κ3) is 18.3. The molecule has 354 valence electrons. The Morgan fingerprint density at radius 1 is 0.338 bits per heavy atom. The molecule has 0 bridgehead atoms. The van der Waals surface area contributed by atoms with E-state index in [9.17, 15) is 0 Å². The second-order valence-corrected chi connectivity index (χ2v) is 15.0. The number of hydrogen-bond donors (Lipinski definition) is 0. The molecule has 0 aromatic heterocycles. The van der Waals surface area contributed by atoms with Crippen LogP contribution < -0.4 is 40.4 Å². The zero-order chi connectivity index (χ0) is 51.1. The maximum Gasteiger partial charge on any atom is 0.199 e. The quantitative estimate of drug-likeness (QED) is 0.154. The molecule has 68 heavy (non-hydrogen) atoms. The summed E-state index contributed by atoms with van der Waals surface area (Å²) in [6.07, 6.45) is 17.5. The predicted molar refractivity (Wildman–Crippen MR) is 247 cm³/mol. The minimum Gasteiger partial charge on any atom is -0.543 e. The molecule has 0 spiro atoms. The average Bonchev–Trinajstić information content (AvgIpc) is 3.31. The maximum atomic E-state index is 8.93. The number of hydrogen-bond acceptors (Lipinski definition) is 14. The zero-order valence-corrected chi connectivity index (χ0v) is 38.7. The Morgan fingerprint density at radius 3 is 0.750 bits per heavy atom. The van der Waals surface area contributed by atoms with E-state index in [1.807, 2.05) is 0 Å². The van der Waals surface area contributed by atoms with Crippen LogP contribution in [0.15, 0.2) is 169 Å². The molecule has 4 aromatic rings. The Labute approximate surface area is 394 Å². The lowest BCUT2D eigenvalue weighted by atomic mass is 9.90. The summed E-state index contributed by atoms with van der Waals surface area (Å²) in [4.78, 5) is 57.8. The van der Waals surface area contributed by atoms with Crippen LogP contribution in [0.5, 0.6) is 0 Å². The van der Waals surface area contributed by atoms with Crippen molar-refractivity contribution in [1.82, 2.24) is 0 Å². The van der Waals surface area contributed by atoms with Gasteiger partial charge < -0.3 is 69.2 Å². The van der Waals surface area contributed by atoms with E-state index in [1.54, 1.807) is 0 Å². The fourth-order valence-electron chi connectivity index (χ4n) is 5.91. The van der Waals surface area contributed by atoms with E-state index in [4.69, 9.17) is 59.4 Å². The second-order valence-electron chi connectivity index (χ2n) is 15.0. The molecule has 16 heteroatoms. The summed E-state index contributed by atoms with van der Waals surface area (Å²) in [5.74, 6) is -13.1. The van der Waals surface area contributed by atoms with Crippen molar-refractivity contribution in [1.29, 1.82) is 0 Å². The van der Waals surface area contributed by atoms with Crippen LogP contribution in [-0.2, 0) is 28.8 Å². The van der Waals surface area contributed by atoms with Crippen molar-refractivity contribution in [2.75, 3.05) is 66.2 Å². The molecule has 16 nitrogen and oxygen atoms in total. The third-order valence-corrected chi connectivity index (χ3v) is 9.31. The molecule has 6 rings (SSSR count). The number of anilines is 2. The summed E-state index contributed by atoms with van der Waals surface area (Å²) in [7, 11) is 16.5. The van der Waals surface area contributed by atoms with Gasteiger partial charge in [-0.1, -0.05) is 84.9 Å². The summed E-state index contributed by atoms with van der Waals surface area (Å²) in [6, 6.07) is 38.7. The Morgan fingerprint density at radius 2 is 0.559 bits per heavy atom. The minimum absolute atomic E-state index is 1.21. The highest BCUT2D eigenvalue weighted by molar-refractivity contribution is 6.26. The lowest BCUT2D eigenvalue weighted by molar-refractivity contribution is -0.462. The lowest BCUT2D eigenvalue weighted by Gasteiger charge is -2.16. The highest BCUT2D eigenvalue weighted by Gasteiger charge is 2.15. The highest BCUT2D eigenvalue weighted by Crippen LogP contribution is 2.32. The fourth-order valence-corrected chi connectivity index (χ4v) is 5.91. The third-order valence-electron chi connectivity index (χ3n) is 9.31. The number of carboxylic acids is 6. The molecule has 2 aliphatic carbocycles. The number of benzene rings is 4. The van der Waals surface area contributed by atoms with Crippen LogP contribution in [0, 0.1) is 0 Å². The lowest BCUT2D eigenvalue weighted by Crippen LogP contribution is -2.42. The summed E-state index contributed by atoms with van der Waals surface area (Å²) in [6.45, 7) is 0. The Hall–Kier alpha value is -8.92. The van der Waals surface area contributed by atoms with Crippen molar-refractivity contribution < 1.29 is 68.6 Å². The summed E-state index contributed by atoms with van der Waals surface area (Å²) in [5, 5.41) is 53.6. The van der Waals surface area contributed by atoms with Gasteiger partial charge in [0.1, 0.15) is 28.2 Å². The predicted octanol–water partition coefficient (Wildman–Crippen LogP) is -1.75. The van der Waals surface area contributed by atoms with Gasteiger partial charge in [0.05, 0.1) is 35.8 Å². The molecule has 2 aliphatic rings. The van der Waals surface area contributed by atoms with Gasteiger partial charge in [-0.15, -0.1) is 0 Å². The van der Waals surface area contributed by atoms with Crippen LogP contribution >= 0.6 is 0 Å². The Kier molecular flexibility index (Phi) is 22.3. The van der Waals surface area contributed by atoms with E-state index in [1.165, 1.54) is 67.3 Å². The standard InChI is InChI=1S/2C23H25N2.3C2H2O4/c2*1-24(2)21-14-10-19(11-15-21)23(18-8-6-5-7-9-18)20-12-16-22(17-13-20)25(3)4;3*3-1(4)2(5)6/h2*5-17H,1-4H3;3*(H,3,4)(H,5,6)/q2*+1;;;/p-6. The molecular formula is C52H50N4O12-4. The van der Waals surface area contributed by atoms with Gasteiger partial charge in [0.15, 0.2) is 11.4 Å². The highest BCUT2D eigenvalue weighted by atomic mass is 16.5. The summed E-state index contributed by atoms with van der Waals surface area (Å²) >= 11 is 0. The monoisotopic (exact) mass is 922 g/mol. The first-order valence-electron chi connectivity index (χ1n) is 20.3. The first kappa shape index (κ1) is 55.2. The molecule has 0 radical (unpaired) electrons. The number of carbonyl (C=O) groups is 6. The molecule has 0 fully saturated rings. The van der Waals surface area contributed by atoms with Gasteiger partial charge in [-0.2, -0.15) is 0 Å². The van der Waals surface area contributed by atoms with E-state index >= 15 is 0 Å². The van der Waals surface area contributed by atoms with E-state index in [0.29, 0.717) is 0 Å². The SMILES string of the molecule is CN(C)c1ccc(C(=C2C=CC(=[N+](C)C)C=C2)c2ccccc2)cc1.CN(C)c1ccc(C(=C2C=CC(=[N+](C)C)C=C2)c2ccccc2)cc1.O=C([O-])C(=O)[O-].O=C([O-])C(=O)[O-].O=C([O-])C(=O)[O-]. The largest absolute Gasteiger partial charge is 0.543 e. The van der Waals surface area contributed by atoms with Crippen LogP contribution in [-0.4, -0.2) is 113 Å². The summed E-state index contributed by atoms with van der Waals surface area (Å²) < 4.78 is 4.25. The molecule has 4 aromatic carbocycles. The van der Waals surface area contributed by atoms with Crippen molar-refractivity contribution >= 4 is 69.8 Å². The Bertz CT molecular complexity index is 2400. The van der Waals surface area contributed by atoms with Crippen LogP contribution in [0.4, 0.5) is 11.4 Å². The van der Waals surface area contributed by atoms with Crippen LogP contribution in [0.1, 0.15) is 22.3 Å². The van der Waals surface area contributed by atoms with Gasteiger partial charge in [-0.25, -0.2) is 9.15 Å². The first-order valence-corrected chi connectivity index (χ1v) is 20.3. The number of allylic oxidation sites excluding steroid dienone is 10. The van der Waals surface area contributed by atoms with Gasteiger partial charge in [-0.3, -0.25) is 0 Å². The molecule has 0 atom stereocenters. The van der Waals surface area contributed by atoms with Crippen molar-refractivity contribution in [3.63, 3.8) is 0 Å². The maximum absolute atomic E-state index is 8.93. The molecule has 0 saturated carbocycles. The van der Waals surface area contributed by atoms with Crippen molar-refractivity contribution in [3.05, 3.63) is 191 Å². The fraction of sp³-hybridized carbons (Fsp3) is 0.154. The number of aliphatic carboxylic acids is 6. The van der Waals surface area contributed by atoms with Crippen LogP contribution in [0.2, 0.25) is 0 Å². The first-order chi connectivity index (χ1) is 32.0. The minimum atomic E-state index is -2.19. The van der Waals surface area contributed by atoms with Crippen molar-refractivity contribution in [2.24, 2.45) is 0 Å². The van der Waals surface area contributed by atoms with Crippen LogP contribution in [0.3, 0.4) is 0 Å². The van der Waals surface area contributed by atoms with E-state index in [-0.39, 0.29) is 0 Å². The normalized spacial score (nSPS) is 11.6. The van der Waals surface area contributed by atoms with Crippen LogP contribution in [0.25, 0.3) is 11.1 Å². The van der Waals surface area contributed by atoms with E-state index in [2.05, 4.69) is 233 Å².